The van der Waals surface area contributed by atoms with Crippen molar-refractivity contribution in [1.82, 2.24) is 24.1 Å². The second kappa shape index (κ2) is 12.3. The smallest absolute Gasteiger partial charge is 0.164 e. The first kappa shape index (κ1) is 21.9. The van der Waals surface area contributed by atoms with Gasteiger partial charge >= 0.3 is 0 Å². The van der Waals surface area contributed by atoms with E-state index in [0.717, 1.165) is 10.8 Å². The van der Waals surface area contributed by atoms with Gasteiger partial charge in [0.05, 0.1) is 38.5 Å². The summed E-state index contributed by atoms with van der Waals surface area (Å²) in [4.78, 5) is 15.1. The number of fused-ring (bicyclic) bond motifs is 9. The van der Waals surface area contributed by atoms with Crippen LogP contribution in [0.25, 0.3) is 111 Å². The van der Waals surface area contributed by atoms with Gasteiger partial charge in [-0.25, -0.2) is 15.0 Å². The minimum Gasteiger partial charge on any atom is -0.456 e. The van der Waals surface area contributed by atoms with E-state index in [0.29, 0.717) is 39.2 Å². The molecule has 266 valence electrons. The molecular weight excluding hydrogens is 699 g/mol. The van der Waals surface area contributed by atoms with E-state index in [1.165, 1.54) is 24.3 Å². The summed E-state index contributed by atoms with van der Waals surface area (Å²) >= 11 is 0. The first-order chi connectivity index (χ1) is 33.2. The fourth-order valence-corrected chi connectivity index (χ4v) is 7.74. The average Bonchev–Trinajstić information content (AvgIpc) is 4.03. The van der Waals surface area contributed by atoms with E-state index < -0.39 is 0 Å². The highest BCUT2D eigenvalue weighted by Crippen LogP contribution is 2.37. The Labute approximate surface area is 343 Å². The third-order valence-corrected chi connectivity index (χ3v) is 10.3. The Kier molecular flexibility index (Phi) is 4.74. The highest BCUT2D eigenvalue weighted by atomic mass is 16.3. The van der Waals surface area contributed by atoms with Crippen LogP contribution < -0.4 is 0 Å². The second-order valence-corrected chi connectivity index (χ2v) is 13.5. The fraction of sp³-hybridized carbons (Fsp3) is 0. The van der Waals surface area contributed by atoms with E-state index in [-0.39, 0.29) is 134 Å². The summed E-state index contributed by atoms with van der Waals surface area (Å²) in [6.45, 7) is 0. The molecule has 0 bridgehead atoms. The molecule has 0 spiro atoms. The molecule has 0 aliphatic rings. The van der Waals surface area contributed by atoms with Gasteiger partial charge in [-0.15, -0.1) is 0 Å². The number of hydrogen-bond donors (Lipinski definition) is 0. The first-order valence-corrected chi connectivity index (χ1v) is 18.1. The Morgan fingerprint density at radius 2 is 0.807 bits per heavy atom. The third-order valence-electron chi connectivity index (χ3n) is 10.3. The van der Waals surface area contributed by atoms with E-state index in [2.05, 4.69) is 0 Å². The molecule has 0 aliphatic carbocycles. The summed E-state index contributed by atoms with van der Waals surface area (Å²) in [5, 5.41) is 2.35. The van der Waals surface area contributed by atoms with Gasteiger partial charge in [-0.05, 0) is 66.6 Å². The molecule has 0 amide bonds. The number of hydrogen-bond acceptors (Lipinski definition) is 4. The van der Waals surface area contributed by atoms with Crippen LogP contribution in [0.1, 0.15) is 16.4 Å². The molecule has 12 rings (SSSR count). The molecule has 0 N–H and O–H groups in total. The van der Waals surface area contributed by atoms with Gasteiger partial charge in [0.15, 0.2) is 17.5 Å². The number of aromatic nitrogens is 5. The van der Waals surface area contributed by atoms with Crippen LogP contribution in [0.3, 0.4) is 0 Å². The zero-order valence-electron chi connectivity index (χ0n) is 41.6. The van der Waals surface area contributed by atoms with Crippen LogP contribution in [0.4, 0.5) is 0 Å². The Hall–Kier alpha value is -7.83. The molecule has 8 aromatic carbocycles. The van der Waals surface area contributed by atoms with Gasteiger partial charge in [0.1, 0.15) is 11.2 Å². The van der Waals surface area contributed by atoms with Crippen LogP contribution in [0, 0.1) is 0 Å². The molecule has 0 aliphatic heterocycles. The van der Waals surface area contributed by atoms with Crippen LogP contribution >= 0.6 is 0 Å². The topological polar surface area (TPSA) is 61.7 Å². The fourth-order valence-electron chi connectivity index (χ4n) is 7.74. The second-order valence-electron chi connectivity index (χ2n) is 13.5. The van der Waals surface area contributed by atoms with Gasteiger partial charge in [-0.3, -0.25) is 0 Å². The maximum atomic E-state index is 9.01. The Balaban J connectivity index is 1.10. The Morgan fingerprint density at radius 3 is 1.30 bits per heavy atom. The number of rotatable bonds is 5. The van der Waals surface area contributed by atoms with E-state index >= 15 is 0 Å². The minimum absolute atomic E-state index is 0.0972. The summed E-state index contributed by atoms with van der Waals surface area (Å²) in [6.07, 6.45) is 0. The van der Waals surface area contributed by atoms with Crippen LogP contribution in [0.2, 0.25) is 0 Å². The van der Waals surface area contributed by atoms with Gasteiger partial charge in [0.2, 0.25) is 0 Å². The molecule has 4 heterocycles. The highest BCUT2D eigenvalue weighted by molar-refractivity contribution is 6.10. The average molecular weight is 742 g/mol. The summed E-state index contributed by atoms with van der Waals surface area (Å²) < 4.78 is 115. The van der Waals surface area contributed by atoms with Crippen LogP contribution in [0.5, 0.6) is 0 Å². The van der Waals surface area contributed by atoms with Crippen molar-refractivity contribution in [3.63, 3.8) is 0 Å². The van der Waals surface area contributed by atoms with Crippen molar-refractivity contribution in [1.29, 1.82) is 0 Å². The standard InChI is InChI=1S/C51H31N5O/c1-6-22-43-37(17-1)38-18-2-7-23-44(38)55(43)35-15-11-13-32(29-35)49-52-50(54-51(53-49)34-27-28-42-41-21-5-10-26-47(41)57-48(42)31-34)33-14-12-16-36(30-33)56-45-24-8-3-19-39(45)40-20-4-9-25-46(40)56/h1-31H/i1D,2D,3D,4D,17D,18D,19D,20D,22D,23D,24D,25D. The van der Waals surface area contributed by atoms with Crippen LogP contribution in [0.15, 0.2) is 192 Å². The van der Waals surface area contributed by atoms with E-state index in [4.69, 9.17) is 35.8 Å². The maximum Gasteiger partial charge on any atom is 0.164 e. The summed E-state index contributed by atoms with van der Waals surface area (Å²) in [6, 6.07) is 30.4. The predicted octanol–water partition coefficient (Wildman–Crippen LogP) is 13.0. The van der Waals surface area contributed by atoms with E-state index in [1.807, 2.05) is 42.5 Å². The van der Waals surface area contributed by atoms with Gasteiger partial charge in [0, 0.05) is 60.4 Å². The molecule has 0 atom stereocenters. The zero-order chi connectivity index (χ0) is 47.9. The van der Waals surface area contributed by atoms with Crippen molar-refractivity contribution >= 4 is 65.6 Å². The van der Waals surface area contributed by atoms with Crippen molar-refractivity contribution in [2.24, 2.45) is 0 Å². The summed E-state index contributed by atoms with van der Waals surface area (Å²) in [5.41, 5.74) is 4.59. The van der Waals surface area contributed by atoms with Crippen LogP contribution in [-0.2, 0) is 0 Å². The normalized spacial score (nSPS) is 14.8. The minimum atomic E-state index is -0.226. The van der Waals surface area contributed by atoms with Crippen molar-refractivity contribution < 1.29 is 20.9 Å². The summed E-state index contributed by atoms with van der Waals surface area (Å²) in [5.74, 6) is 0.714. The van der Waals surface area contributed by atoms with Crippen molar-refractivity contribution in [2.75, 3.05) is 0 Å². The van der Waals surface area contributed by atoms with E-state index in [1.54, 1.807) is 57.7 Å². The van der Waals surface area contributed by atoms with Gasteiger partial charge in [0.25, 0.3) is 0 Å². The first-order valence-electron chi connectivity index (χ1n) is 24.1. The molecule has 0 saturated heterocycles. The lowest BCUT2D eigenvalue weighted by atomic mass is 10.1. The monoisotopic (exact) mass is 741 g/mol. The molecule has 0 fully saturated rings. The van der Waals surface area contributed by atoms with Crippen molar-refractivity contribution in [3.05, 3.63) is 188 Å². The third kappa shape index (κ3) is 4.94. The molecular formula is C51H31N5O. The Morgan fingerprint density at radius 1 is 0.368 bits per heavy atom. The number of furan rings is 1. The lowest BCUT2D eigenvalue weighted by Gasteiger charge is -2.13. The lowest BCUT2D eigenvalue weighted by Crippen LogP contribution is -2.02. The largest absolute Gasteiger partial charge is 0.456 e. The van der Waals surface area contributed by atoms with Gasteiger partial charge in [-0.2, -0.15) is 0 Å². The molecule has 0 radical (unpaired) electrons. The predicted molar refractivity (Wildman–Crippen MR) is 232 cm³/mol. The van der Waals surface area contributed by atoms with Crippen LogP contribution in [-0.4, -0.2) is 24.1 Å². The molecule has 0 unspecified atom stereocenters. The zero-order valence-corrected chi connectivity index (χ0v) is 29.6. The maximum absolute atomic E-state index is 9.01. The van der Waals surface area contributed by atoms with E-state index in [9.17, 15) is 0 Å². The molecule has 57 heavy (non-hydrogen) atoms. The molecule has 4 aromatic heterocycles. The summed E-state index contributed by atoms with van der Waals surface area (Å²) in [7, 11) is 0. The van der Waals surface area contributed by atoms with Crippen molar-refractivity contribution in [2.45, 2.75) is 0 Å². The molecule has 12 aromatic rings. The molecule has 6 heteroatoms. The lowest BCUT2D eigenvalue weighted by molar-refractivity contribution is 0.669. The SMILES string of the molecule is [2H]c1cc([2H])c2c(c1[2H])c1c([2H])c([2H])cc([2H])c1n2-c1cccc(-c2nc(-c3cccc(-n4c5c([2H])cc([2H])c([2H])c5c5c([2H])c([2H])cc([2H])c54)c3)nc(-c3ccc4c(c3)oc3ccccc34)n2)c1. The number of nitrogens with zero attached hydrogens (tertiary/aromatic N) is 5. The molecule has 6 nitrogen and oxygen atoms in total. The van der Waals surface area contributed by atoms with Gasteiger partial charge < -0.3 is 13.6 Å². The number of benzene rings is 8. The number of para-hydroxylation sites is 5. The highest BCUT2D eigenvalue weighted by Gasteiger charge is 2.18. The molecule has 0 saturated carbocycles. The van der Waals surface area contributed by atoms with Gasteiger partial charge in [-0.1, -0.05) is 121 Å². The quantitative estimate of drug-likeness (QED) is 0.176. The Bertz CT molecular complexity index is 3900. The van der Waals surface area contributed by atoms with Crippen molar-refractivity contribution in [3.8, 4) is 45.5 Å².